The molecule has 0 aliphatic carbocycles. The van der Waals surface area contributed by atoms with E-state index in [4.69, 9.17) is 4.52 Å². The molecular formula is C20H19N5O4. The number of H-pyrrole nitrogens is 1. The smallest absolute Gasteiger partial charge is 0.295 e. The summed E-state index contributed by atoms with van der Waals surface area (Å²) in [4.78, 5) is 46.3. The van der Waals surface area contributed by atoms with E-state index in [0.717, 1.165) is 5.69 Å². The molecular weight excluding hydrogens is 374 g/mol. The van der Waals surface area contributed by atoms with Crippen molar-refractivity contribution in [2.24, 2.45) is 0 Å². The lowest BCUT2D eigenvalue weighted by Gasteiger charge is -2.35. The van der Waals surface area contributed by atoms with Crippen molar-refractivity contribution in [1.82, 2.24) is 20.0 Å². The first kappa shape index (κ1) is 18.6. The first-order valence-electron chi connectivity index (χ1n) is 9.20. The standard InChI is InChI=1S/C20H19N5O4/c1-13(26)14-4-6-15(7-5-14)24-9-11-25(12-10-24)20(28)17-22-19(29-23-17)16-3-2-8-21-18(16)27/h2-8H,9-12H2,1H3,(H,21,27). The van der Waals surface area contributed by atoms with E-state index in [0.29, 0.717) is 31.7 Å². The molecule has 0 radical (unpaired) electrons. The molecule has 4 rings (SSSR count). The molecule has 0 unspecified atom stereocenters. The van der Waals surface area contributed by atoms with Gasteiger partial charge in [-0.3, -0.25) is 14.4 Å². The molecule has 1 saturated heterocycles. The van der Waals surface area contributed by atoms with E-state index in [9.17, 15) is 14.4 Å². The van der Waals surface area contributed by atoms with Gasteiger partial charge in [0.2, 0.25) is 0 Å². The molecule has 9 heteroatoms. The third-order valence-electron chi connectivity index (χ3n) is 4.87. The molecule has 148 valence electrons. The minimum absolute atomic E-state index is 0.0133. The summed E-state index contributed by atoms with van der Waals surface area (Å²) < 4.78 is 5.10. The zero-order valence-electron chi connectivity index (χ0n) is 15.8. The number of carbonyl (C=O) groups is 2. The lowest BCUT2D eigenvalue weighted by atomic mass is 10.1. The van der Waals surface area contributed by atoms with Crippen LogP contribution in [0.3, 0.4) is 0 Å². The number of pyridine rings is 1. The van der Waals surface area contributed by atoms with Crippen LogP contribution in [0.25, 0.3) is 11.5 Å². The number of piperazine rings is 1. The number of nitrogens with zero attached hydrogens (tertiary/aromatic N) is 4. The number of benzene rings is 1. The topological polar surface area (TPSA) is 112 Å². The maximum atomic E-state index is 12.7. The SMILES string of the molecule is CC(=O)c1ccc(N2CCN(C(=O)c3noc(-c4ccc[nH]c4=O)n3)CC2)cc1. The fourth-order valence-corrected chi connectivity index (χ4v) is 3.23. The Morgan fingerprint density at radius 1 is 1.07 bits per heavy atom. The molecule has 3 heterocycles. The number of nitrogens with one attached hydrogen (secondary N) is 1. The molecule has 1 aromatic carbocycles. The zero-order valence-corrected chi connectivity index (χ0v) is 15.8. The Labute approximate surface area is 166 Å². The van der Waals surface area contributed by atoms with Crippen molar-refractivity contribution in [3.63, 3.8) is 0 Å². The molecule has 1 amide bonds. The van der Waals surface area contributed by atoms with Crippen LogP contribution in [0.1, 0.15) is 27.9 Å². The third-order valence-corrected chi connectivity index (χ3v) is 4.87. The Bertz CT molecular complexity index is 1090. The fraction of sp³-hybridized carbons (Fsp3) is 0.250. The number of Topliss-reactive ketones (excluding diaryl/α,β-unsaturated/α-hetero) is 1. The Kier molecular flexibility index (Phi) is 4.94. The molecule has 0 spiro atoms. The number of amides is 1. The lowest BCUT2D eigenvalue weighted by molar-refractivity contribution is 0.0731. The Balaban J connectivity index is 1.41. The number of aromatic nitrogens is 3. The monoisotopic (exact) mass is 393 g/mol. The van der Waals surface area contributed by atoms with E-state index < -0.39 is 0 Å². The zero-order chi connectivity index (χ0) is 20.4. The Morgan fingerprint density at radius 3 is 2.45 bits per heavy atom. The maximum Gasteiger partial charge on any atom is 0.295 e. The van der Waals surface area contributed by atoms with Gasteiger partial charge in [-0.1, -0.05) is 5.16 Å². The maximum absolute atomic E-state index is 12.7. The molecule has 9 nitrogen and oxygen atoms in total. The minimum Gasteiger partial charge on any atom is -0.368 e. The average Bonchev–Trinajstić information content (AvgIpc) is 3.24. The van der Waals surface area contributed by atoms with Gasteiger partial charge in [-0.05, 0) is 43.3 Å². The summed E-state index contributed by atoms with van der Waals surface area (Å²) in [5.74, 6) is -0.357. The van der Waals surface area contributed by atoms with E-state index in [-0.39, 0.29) is 34.5 Å². The van der Waals surface area contributed by atoms with Crippen LogP contribution in [0.15, 0.2) is 51.9 Å². The van der Waals surface area contributed by atoms with Gasteiger partial charge in [-0.15, -0.1) is 0 Å². The minimum atomic E-state index is -0.362. The van der Waals surface area contributed by atoms with E-state index in [1.807, 2.05) is 12.1 Å². The first-order chi connectivity index (χ1) is 14.0. The number of ketones is 1. The van der Waals surface area contributed by atoms with Crippen LogP contribution in [0.4, 0.5) is 5.69 Å². The molecule has 1 aliphatic heterocycles. The van der Waals surface area contributed by atoms with Crippen molar-refractivity contribution in [2.45, 2.75) is 6.92 Å². The second-order valence-corrected chi connectivity index (χ2v) is 6.72. The van der Waals surface area contributed by atoms with Crippen LogP contribution in [-0.4, -0.2) is 57.9 Å². The molecule has 2 aromatic heterocycles. The van der Waals surface area contributed by atoms with Crippen LogP contribution in [0, 0.1) is 0 Å². The van der Waals surface area contributed by atoms with E-state index in [1.54, 1.807) is 29.2 Å². The molecule has 0 saturated carbocycles. The van der Waals surface area contributed by atoms with Gasteiger partial charge in [0.25, 0.3) is 23.2 Å². The van der Waals surface area contributed by atoms with Gasteiger partial charge in [0.1, 0.15) is 5.56 Å². The number of carbonyl (C=O) groups excluding carboxylic acids is 2. The number of rotatable bonds is 4. The van der Waals surface area contributed by atoms with Crippen LogP contribution >= 0.6 is 0 Å². The van der Waals surface area contributed by atoms with Gasteiger partial charge in [0.05, 0.1) is 0 Å². The fourth-order valence-electron chi connectivity index (χ4n) is 3.23. The van der Waals surface area contributed by atoms with Crippen molar-refractivity contribution in [2.75, 3.05) is 31.1 Å². The second-order valence-electron chi connectivity index (χ2n) is 6.72. The van der Waals surface area contributed by atoms with E-state index >= 15 is 0 Å². The van der Waals surface area contributed by atoms with E-state index in [1.165, 1.54) is 13.1 Å². The van der Waals surface area contributed by atoms with Crippen LogP contribution in [0.5, 0.6) is 0 Å². The number of anilines is 1. The summed E-state index contributed by atoms with van der Waals surface area (Å²) in [6.07, 6.45) is 1.50. The highest BCUT2D eigenvalue weighted by Crippen LogP contribution is 2.19. The number of aromatic amines is 1. The summed E-state index contributed by atoms with van der Waals surface area (Å²) in [5, 5.41) is 3.74. The summed E-state index contributed by atoms with van der Waals surface area (Å²) >= 11 is 0. The molecule has 29 heavy (non-hydrogen) atoms. The summed E-state index contributed by atoms with van der Waals surface area (Å²) in [6.45, 7) is 3.84. The van der Waals surface area contributed by atoms with Gasteiger partial charge in [0, 0.05) is 43.6 Å². The number of hydrogen-bond donors (Lipinski definition) is 1. The Morgan fingerprint density at radius 2 is 1.79 bits per heavy atom. The molecule has 3 aromatic rings. The van der Waals surface area contributed by atoms with Crippen molar-refractivity contribution < 1.29 is 14.1 Å². The van der Waals surface area contributed by atoms with Crippen LogP contribution in [0.2, 0.25) is 0 Å². The summed E-state index contributed by atoms with van der Waals surface area (Å²) in [7, 11) is 0. The molecule has 0 atom stereocenters. The van der Waals surface area contributed by atoms with Crippen molar-refractivity contribution in [3.8, 4) is 11.5 Å². The third kappa shape index (κ3) is 3.79. The highest BCUT2D eigenvalue weighted by Gasteiger charge is 2.26. The van der Waals surface area contributed by atoms with Crippen molar-refractivity contribution >= 4 is 17.4 Å². The van der Waals surface area contributed by atoms with Gasteiger partial charge in [-0.25, -0.2) is 0 Å². The molecule has 1 N–H and O–H groups in total. The van der Waals surface area contributed by atoms with Crippen LogP contribution in [-0.2, 0) is 0 Å². The predicted molar refractivity (Wildman–Crippen MR) is 105 cm³/mol. The predicted octanol–water partition coefficient (Wildman–Crippen LogP) is 1.59. The van der Waals surface area contributed by atoms with Gasteiger partial charge < -0.3 is 19.3 Å². The van der Waals surface area contributed by atoms with Gasteiger partial charge in [0.15, 0.2) is 5.78 Å². The molecule has 1 aliphatic rings. The normalized spacial score (nSPS) is 14.1. The lowest BCUT2D eigenvalue weighted by Crippen LogP contribution is -2.49. The second kappa shape index (κ2) is 7.70. The molecule has 1 fully saturated rings. The first-order valence-corrected chi connectivity index (χ1v) is 9.20. The van der Waals surface area contributed by atoms with E-state index in [2.05, 4.69) is 20.0 Å². The highest BCUT2D eigenvalue weighted by molar-refractivity contribution is 5.94. The van der Waals surface area contributed by atoms with Gasteiger partial charge in [-0.2, -0.15) is 4.98 Å². The Hall–Kier alpha value is -3.75. The highest BCUT2D eigenvalue weighted by atomic mass is 16.5. The summed E-state index contributed by atoms with van der Waals surface area (Å²) in [5.41, 5.74) is 1.54. The van der Waals surface area contributed by atoms with Crippen molar-refractivity contribution in [3.05, 3.63) is 64.3 Å². The molecule has 0 bridgehead atoms. The number of hydrogen-bond acceptors (Lipinski definition) is 7. The van der Waals surface area contributed by atoms with Crippen molar-refractivity contribution in [1.29, 1.82) is 0 Å². The largest absolute Gasteiger partial charge is 0.368 e. The quantitative estimate of drug-likeness (QED) is 0.670. The average molecular weight is 393 g/mol. The van der Waals surface area contributed by atoms with Crippen LogP contribution < -0.4 is 10.5 Å². The summed E-state index contributed by atoms with van der Waals surface area (Å²) in [6, 6.07) is 10.6. The van der Waals surface area contributed by atoms with Gasteiger partial charge >= 0.3 is 0 Å².